The van der Waals surface area contributed by atoms with Crippen molar-refractivity contribution in [3.8, 4) is 0 Å². The summed E-state index contributed by atoms with van der Waals surface area (Å²) in [5, 5.41) is 6.70. The van der Waals surface area contributed by atoms with Crippen molar-refractivity contribution in [1.82, 2.24) is 19.8 Å². The molecule has 0 bridgehead atoms. The number of carbonyl (C=O) groups is 1. The Balaban J connectivity index is 1.21. The Morgan fingerprint density at radius 1 is 0.952 bits per heavy atom. The molecule has 228 valence electrons. The van der Waals surface area contributed by atoms with Gasteiger partial charge in [-0.2, -0.15) is 4.31 Å². The zero-order chi connectivity index (χ0) is 29.4. The third kappa shape index (κ3) is 8.34. The minimum Gasteiger partial charge on any atom is -0.367 e. The first-order chi connectivity index (χ1) is 20.4. The number of thioether (sulfide) groups is 1. The predicted molar refractivity (Wildman–Crippen MR) is 175 cm³/mol. The highest BCUT2D eigenvalue weighted by atomic mass is 32.2. The summed E-state index contributed by atoms with van der Waals surface area (Å²) < 4.78 is 28.4. The average molecular weight is 629 g/mol. The van der Waals surface area contributed by atoms with Crippen molar-refractivity contribution in [3.63, 3.8) is 0 Å². The Labute approximate surface area is 261 Å². The molecule has 7 nitrogen and oxygen atoms in total. The SMILES string of the molecule is O=C(NC1CCN(Cc2ccccc2)CC1)[C@@H](CCC1CCCCC1)NC(=S)[C@H]1CSCN1S(=O)(=O)c1ccccc1. The monoisotopic (exact) mass is 628 g/mol. The summed E-state index contributed by atoms with van der Waals surface area (Å²) in [6.45, 7) is 2.83. The summed E-state index contributed by atoms with van der Waals surface area (Å²) in [5.41, 5.74) is 1.31. The van der Waals surface area contributed by atoms with Crippen LogP contribution in [0.25, 0.3) is 0 Å². The molecule has 3 aliphatic rings. The maximum Gasteiger partial charge on any atom is 0.244 e. The van der Waals surface area contributed by atoms with Gasteiger partial charge >= 0.3 is 0 Å². The molecule has 2 atom stereocenters. The summed E-state index contributed by atoms with van der Waals surface area (Å²) in [7, 11) is -3.69. The van der Waals surface area contributed by atoms with Gasteiger partial charge < -0.3 is 10.6 Å². The third-order valence-corrected chi connectivity index (χ3v) is 12.3. The molecule has 10 heteroatoms. The van der Waals surface area contributed by atoms with Crippen molar-refractivity contribution in [2.45, 2.75) is 87.4 Å². The summed E-state index contributed by atoms with van der Waals surface area (Å²) in [6, 6.07) is 18.2. The lowest BCUT2D eigenvalue weighted by atomic mass is 9.85. The third-order valence-electron chi connectivity index (χ3n) is 8.90. The van der Waals surface area contributed by atoms with E-state index in [1.54, 1.807) is 36.0 Å². The van der Waals surface area contributed by atoms with Crippen molar-refractivity contribution in [3.05, 3.63) is 66.2 Å². The number of nitrogens with one attached hydrogen (secondary N) is 2. The van der Waals surface area contributed by atoms with Crippen molar-refractivity contribution < 1.29 is 13.2 Å². The molecule has 1 amide bonds. The normalized spacial score (nSPS) is 22.0. The van der Waals surface area contributed by atoms with Gasteiger partial charge in [0.05, 0.1) is 21.8 Å². The molecule has 42 heavy (non-hydrogen) atoms. The van der Waals surface area contributed by atoms with E-state index in [1.165, 1.54) is 42.0 Å². The van der Waals surface area contributed by atoms with Gasteiger partial charge in [0, 0.05) is 31.4 Å². The van der Waals surface area contributed by atoms with Gasteiger partial charge in [0.2, 0.25) is 15.9 Å². The highest BCUT2D eigenvalue weighted by Gasteiger charge is 2.39. The van der Waals surface area contributed by atoms with E-state index < -0.39 is 22.1 Å². The van der Waals surface area contributed by atoms with E-state index in [1.807, 2.05) is 12.1 Å². The van der Waals surface area contributed by atoms with E-state index in [4.69, 9.17) is 12.2 Å². The number of nitrogens with zero attached hydrogens (tertiary/aromatic N) is 2. The molecule has 5 rings (SSSR count). The second-order valence-electron chi connectivity index (χ2n) is 11.9. The van der Waals surface area contributed by atoms with E-state index in [-0.39, 0.29) is 16.8 Å². The van der Waals surface area contributed by atoms with E-state index in [2.05, 4.69) is 39.8 Å². The van der Waals surface area contributed by atoms with Gasteiger partial charge in [-0.3, -0.25) is 9.69 Å². The second-order valence-corrected chi connectivity index (χ2v) is 15.2. The Morgan fingerprint density at radius 3 is 2.31 bits per heavy atom. The Morgan fingerprint density at radius 2 is 1.62 bits per heavy atom. The van der Waals surface area contributed by atoms with Crippen LogP contribution < -0.4 is 10.6 Å². The molecule has 2 saturated heterocycles. The van der Waals surface area contributed by atoms with Crippen LogP contribution in [0.2, 0.25) is 0 Å². The zero-order valence-corrected chi connectivity index (χ0v) is 26.8. The number of likely N-dealkylation sites (tertiary alicyclic amines) is 1. The molecule has 2 aliphatic heterocycles. The number of rotatable bonds is 11. The first-order valence-electron chi connectivity index (χ1n) is 15.4. The lowest BCUT2D eigenvalue weighted by Crippen LogP contribution is -2.55. The van der Waals surface area contributed by atoms with E-state index >= 15 is 0 Å². The topological polar surface area (TPSA) is 81.8 Å². The molecule has 0 radical (unpaired) electrons. The minimum absolute atomic E-state index is 0.0159. The number of amides is 1. The number of hydrogen-bond acceptors (Lipinski definition) is 6. The number of benzene rings is 2. The van der Waals surface area contributed by atoms with Crippen LogP contribution in [-0.4, -0.2) is 71.4 Å². The Kier molecular flexibility index (Phi) is 11.3. The quantitative estimate of drug-likeness (QED) is 0.332. The van der Waals surface area contributed by atoms with Crippen LogP contribution >= 0.6 is 24.0 Å². The summed E-state index contributed by atoms with van der Waals surface area (Å²) >= 11 is 7.40. The maximum absolute atomic E-state index is 13.7. The van der Waals surface area contributed by atoms with Crippen molar-refractivity contribution in [2.24, 2.45) is 5.92 Å². The summed E-state index contributed by atoms with van der Waals surface area (Å²) in [6.07, 6.45) is 9.80. The number of piperidine rings is 1. The molecule has 1 saturated carbocycles. The minimum atomic E-state index is -3.69. The van der Waals surface area contributed by atoms with Crippen LogP contribution in [0.1, 0.15) is 63.4 Å². The number of carbonyl (C=O) groups excluding carboxylic acids is 1. The smallest absolute Gasteiger partial charge is 0.244 e. The molecule has 0 aromatic heterocycles. The Bertz CT molecular complexity index is 1260. The standard InChI is InChI=1S/C32H44N4O3S3/c37-31(33-27-18-20-35(21-19-27)22-26-12-6-2-7-13-26)29(17-16-25-10-4-1-5-11-25)34-32(40)30-23-41-24-36(30)42(38,39)28-14-8-3-9-15-28/h2-3,6-9,12-15,25,27,29-30H,1,4-5,10-11,16-24H2,(H,33,37)(H,34,40)/t29-,30-/m1/s1. The average Bonchev–Trinajstić information content (AvgIpc) is 3.53. The van der Waals surface area contributed by atoms with Gasteiger partial charge in [-0.15, -0.1) is 11.8 Å². The number of thiocarbonyl (C=S) groups is 1. The molecule has 2 aromatic rings. The van der Waals surface area contributed by atoms with Crippen molar-refractivity contribution in [2.75, 3.05) is 24.7 Å². The molecule has 3 fully saturated rings. The fraction of sp³-hybridized carbons (Fsp3) is 0.562. The summed E-state index contributed by atoms with van der Waals surface area (Å²) in [5.74, 6) is 1.55. The van der Waals surface area contributed by atoms with Crippen LogP contribution in [-0.2, 0) is 21.4 Å². The molecule has 2 N–H and O–H groups in total. The molecule has 1 aliphatic carbocycles. The highest BCUT2D eigenvalue weighted by molar-refractivity contribution is 8.00. The molecular formula is C32H44N4O3S3. The van der Waals surface area contributed by atoms with Crippen LogP contribution in [0.4, 0.5) is 0 Å². The van der Waals surface area contributed by atoms with Crippen LogP contribution in [0.15, 0.2) is 65.6 Å². The summed E-state index contributed by atoms with van der Waals surface area (Å²) in [4.78, 5) is 16.9. The van der Waals surface area contributed by atoms with Gasteiger partial charge in [0.1, 0.15) is 6.04 Å². The first kappa shape index (κ1) is 31.4. The van der Waals surface area contributed by atoms with Gasteiger partial charge in [-0.05, 0) is 49.3 Å². The second kappa shape index (κ2) is 15.1. The van der Waals surface area contributed by atoms with Gasteiger partial charge in [0.15, 0.2) is 0 Å². The fourth-order valence-corrected chi connectivity index (χ4v) is 10.1. The van der Waals surface area contributed by atoms with Crippen LogP contribution in [0.3, 0.4) is 0 Å². The molecule has 0 unspecified atom stereocenters. The molecule has 2 aromatic carbocycles. The van der Waals surface area contributed by atoms with Crippen LogP contribution in [0, 0.1) is 5.92 Å². The Hall–Kier alpha value is -1.98. The lowest BCUT2D eigenvalue weighted by Gasteiger charge is -2.34. The first-order valence-corrected chi connectivity index (χ1v) is 18.4. The molecule has 0 spiro atoms. The largest absolute Gasteiger partial charge is 0.367 e. The van der Waals surface area contributed by atoms with Gasteiger partial charge in [-0.1, -0.05) is 92.9 Å². The maximum atomic E-state index is 13.7. The van der Waals surface area contributed by atoms with Gasteiger partial charge in [-0.25, -0.2) is 8.42 Å². The molecular weight excluding hydrogens is 585 g/mol. The fourth-order valence-electron chi connectivity index (χ4n) is 6.39. The van der Waals surface area contributed by atoms with Gasteiger partial charge in [0.25, 0.3) is 0 Å². The van der Waals surface area contributed by atoms with Crippen molar-refractivity contribution >= 4 is 44.9 Å². The van der Waals surface area contributed by atoms with Crippen LogP contribution in [0.5, 0.6) is 0 Å². The van der Waals surface area contributed by atoms with E-state index in [0.717, 1.165) is 38.9 Å². The van der Waals surface area contributed by atoms with E-state index in [9.17, 15) is 13.2 Å². The predicted octanol–water partition coefficient (Wildman–Crippen LogP) is 5.18. The lowest BCUT2D eigenvalue weighted by molar-refractivity contribution is -0.124. The number of hydrogen-bond donors (Lipinski definition) is 2. The molecule has 2 heterocycles. The van der Waals surface area contributed by atoms with E-state index in [0.29, 0.717) is 29.0 Å². The van der Waals surface area contributed by atoms with Crippen molar-refractivity contribution in [1.29, 1.82) is 0 Å². The highest BCUT2D eigenvalue weighted by Crippen LogP contribution is 2.30. The number of sulfonamides is 1. The zero-order valence-electron chi connectivity index (χ0n) is 24.3.